The first-order chi connectivity index (χ1) is 12.3. The van der Waals surface area contributed by atoms with Gasteiger partial charge >= 0.3 is 0 Å². The molecule has 1 aliphatic carbocycles. The number of allylic oxidation sites excluding steroid dienone is 2. The molecule has 2 aliphatic rings. The molecule has 0 bridgehead atoms. The Hall–Kier alpha value is -1.42. The van der Waals surface area contributed by atoms with Gasteiger partial charge in [-0.15, -0.1) is 0 Å². The van der Waals surface area contributed by atoms with Crippen LogP contribution in [0.1, 0.15) is 81.8 Å². The van der Waals surface area contributed by atoms with Gasteiger partial charge in [-0.1, -0.05) is 32.3 Å². The number of fused-ring (bicyclic) bond motifs is 1. The second-order valence-electron chi connectivity index (χ2n) is 7.60. The number of likely N-dealkylation sites (tertiary alicyclic amines) is 1. The zero-order chi connectivity index (χ0) is 17.5. The van der Waals surface area contributed by atoms with Gasteiger partial charge in [0.25, 0.3) is 0 Å². The SMILES string of the molecule is CCCCc1nc(N)c2c(n1)C(CCCCCCN1CCCC1)=CC2. The lowest BCUT2D eigenvalue weighted by molar-refractivity contribution is 0.328. The average Bonchev–Trinajstić information content (AvgIpc) is 3.26. The van der Waals surface area contributed by atoms with Gasteiger partial charge in [0.15, 0.2) is 0 Å². The number of nitrogen functional groups attached to an aromatic ring is 1. The van der Waals surface area contributed by atoms with E-state index in [1.54, 1.807) is 0 Å². The van der Waals surface area contributed by atoms with Crippen LogP contribution in [0.25, 0.3) is 5.57 Å². The number of rotatable bonds is 10. The van der Waals surface area contributed by atoms with E-state index in [0.717, 1.165) is 42.8 Å². The van der Waals surface area contributed by atoms with E-state index >= 15 is 0 Å². The van der Waals surface area contributed by atoms with Crippen molar-refractivity contribution in [2.45, 2.75) is 77.6 Å². The van der Waals surface area contributed by atoms with Crippen molar-refractivity contribution in [2.24, 2.45) is 0 Å². The van der Waals surface area contributed by atoms with Crippen molar-refractivity contribution >= 4 is 11.4 Å². The molecule has 1 aromatic rings. The summed E-state index contributed by atoms with van der Waals surface area (Å²) in [6, 6.07) is 0. The Balaban J connectivity index is 1.43. The molecule has 2 heterocycles. The van der Waals surface area contributed by atoms with Crippen LogP contribution >= 0.6 is 0 Å². The molecule has 0 spiro atoms. The fourth-order valence-corrected chi connectivity index (χ4v) is 4.02. The summed E-state index contributed by atoms with van der Waals surface area (Å²) in [6.07, 6.45) is 15.7. The van der Waals surface area contributed by atoms with Crippen LogP contribution < -0.4 is 5.73 Å². The molecule has 2 N–H and O–H groups in total. The van der Waals surface area contributed by atoms with Crippen molar-refractivity contribution in [2.75, 3.05) is 25.4 Å². The van der Waals surface area contributed by atoms with E-state index in [1.807, 2.05) is 0 Å². The molecule has 4 heteroatoms. The van der Waals surface area contributed by atoms with Crippen LogP contribution in [0.4, 0.5) is 5.82 Å². The van der Waals surface area contributed by atoms with E-state index < -0.39 is 0 Å². The van der Waals surface area contributed by atoms with Gasteiger partial charge in [0.1, 0.15) is 11.6 Å². The van der Waals surface area contributed by atoms with E-state index in [9.17, 15) is 0 Å². The molecule has 1 saturated heterocycles. The first-order valence-corrected chi connectivity index (χ1v) is 10.3. The van der Waals surface area contributed by atoms with Gasteiger partial charge in [-0.25, -0.2) is 9.97 Å². The Labute approximate surface area is 152 Å². The highest BCUT2D eigenvalue weighted by Gasteiger charge is 2.20. The molecule has 0 atom stereocenters. The summed E-state index contributed by atoms with van der Waals surface area (Å²) >= 11 is 0. The molecule has 0 saturated carbocycles. The lowest BCUT2D eigenvalue weighted by Gasteiger charge is -2.13. The summed E-state index contributed by atoms with van der Waals surface area (Å²) in [5.74, 6) is 1.63. The van der Waals surface area contributed by atoms with Crippen LogP contribution in [0, 0.1) is 0 Å². The molecule has 138 valence electrons. The second kappa shape index (κ2) is 9.33. The van der Waals surface area contributed by atoms with Crippen LogP contribution in [0.2, 0.25) is 0 Å². The first-order valence-electron chi connectivity index (χ1n) is 10.3. The molecule has 0 amide bonds. The topological polar surface area (TPSA) is 55.0 Å². The largest absolute Gasteiger partial charge is 0.383 e. The highest BCUT2D eigenvalue weighted by Crippen LogP contribution is 2.32. The maximum Gasteiger partial charge on any atom is 0.131 e. The standard InChI is InChI=1S/C21H34N4/c1-2-3-11-19-23-20-17(12-13-18(20)21(22)24-19)10-6-4-5-7-14-25-15-8-9-16-25/h12H,2-11,13-16H2,1H3,(H2,22,23,24). The zero-order valence-electron chi connectivity index (χ0n) is 15.9. The van der Waals surface area contributed by atoms with Crippen molar-refractivity contribution in [3.63, 3.8) is 0 Å². The quantitative estimate of drug-likeness (QED) is 0.641. The number of nitrogens with zero attached hydrogens (tertiary/aromatic N) is 3. The Morgan fingerprint density at radius 3 is 2.60 bits per heavy atom. The smallest absolute Gasteiger partial charge is 0.131 e. The lowest BCUT2D eigenvalue weighted by atomic mass is 10.0. The summed E-state index contributed by atoms with van der Waals surface area (Å²) in [6.45, 7) is 6.15. The number of nitrogens with two attached hydrogens (primary N) is 1. The van der Waals surface area contributed by atoms with Gasteiger partial charge in [-0.05, 0) is 70.2 Å². The van der Waals surface area contributed by atoms with Crippen LogP contribution in [-0.4, -0.2) is 34.5 Å². The number of aryl methyl sites for hydroxylation is 1. The van der Waals surface area contributed by atoms with Crippen molar-refractivity contribution < 1.29 is 0 Å². The van der Waals surface area contributed by atoms with Gasteiger partial charge in [0, 0.05) is 12.0 Å². The summed E-state index contributed by atoms with van der Waals surface area (Å²) in [7, 11) is 0. The molecule has 25 heavy (non-hydrogen) atoms. The Bertz CT molecular complexity index is 588. The van der Waals surface area contributed by atoms with Crippen LogP contribution in [0.15, 0.2) is 6.08 Å². The van der Waals surface area contributed by atoms with Crippen molar-refractivity contribution in [3.05, 3.63) is 23.2 Å². The fraction of sp³-hybridized carbons (Fsp3) is 0.714. The molecular formula is C21H34N4. The predicted octanol–water partition coefficient (Wildman–Crippen LogP) is 4.39. The normalized spacial score (nSPS) is 17.1. The van der Waals surface area contributed by atoms with Gasteiger partial charge in [0.2, 0.25) is 0 Å². The van der Waals surface area contributed by atoms with Crippen LogP contribution in [-0.2, 0) is 12.8 Å². The molecule has 4 nitrogen and oxygen atoms in total. The van der Waals surface area contributed by atoms with E-state index in [2.05, 4.69) is 22.9 Å². The van der Waals surface area contributed by atoms with Gasteiger partial charge < -0.3 is 10.6 Å². The summed E-state index contributed by atoms with van der Waals surface area (Å²) < 4.78 is 0. The van der Waals surface area contributed by atoms with Crippen LogP contribution in [0.3, 0.4) is 0 Å². The second-order valence-corrected chi connectivity index (χ2v) is 7.60. The van der Waals surface area contributed by atoms with E-state index in [4.69, 9.17) is 10.7 Å². The number of hydrogen-bond acceptors (Lipinski definition) is 4. The molecule has 1 aromatic heterocycles. The fourth-order valence-electron chi connectivity index (χ4n) is 4.02. The summed E-state index contributed by atoms with van der Waals surface area (Å²) in [5, 5.41) is 0. The predicted molar refractivity (Wildman–Crippen MR) is 105 cm³/mol. The van der Waals surface area contributed by atoms with E-state index in [-0.39, 0.29) is 0 Å². The van der Waals surface area contributed by atoms with Crippen molar-refractivity contribution in [3.8, 4) is 0 Å². The minimum atomic E-state index is 0.702. The molecule has 0 aromatic carbocycles. The highest BCUT2D eigenvalue weighted by atomic mass is 15.1. The molecule has 3 rings (SSSR count). The molecular weight excluding hydrogens is 308 g/mol. The van der Waals surface area contributed by atoms with Crippen LogP contribution in [0.5, 0.6) is 0 Å². The zero-order valence-corrected chi connectivity index (χ0v) is 15.9. The Kier molecular flexibility index (Phi) is 6.85. The average molecular weight is 343 g/mol. The number of anilines is 1. The van der Waals surface area contributed by atoms with E-state index in [1.165, 1.54) is 70.2 Å². The summed E-state index contributed by atoms with van der Waals surface area (Å²) in [5.41, 5.74) is 9.88. The third kappa shape index (κ3) is 5.04. The van der Waals surface area contributed by atoms with Crippen molar-refractivity contribution in [1.82, 2.24) is 14.9 Å². The van der Waals surface area contributed by atoms with Gasteiger partial charge in [-0.2, -0.15) is 0 Å². The molecule has 0 unspecified atom stereocenters. The van der Waals surface area contributed by atoms with Gasteiger partial charge in [-0.3, -0.25) is 0 Å². The molecule has 1 aliphatic heterocycles. The number of unbranched alkanes of at least 4 members (excludes halogenated alkanes) is 4. The Morgan fingerprint density at radius 2 is 1.80 bits per heavy atom. The minimum absolute atomic E-state index is 0.702. The monoisotopic (exact) mass is 342 g/mol. The first kappa shape index (κ1) is 18.4. The van der Waals surface area contributed by atoms with E-state index in [0.29, 0.717) is 5.82 Å². The maximum atomic E-state index is 6.17. The molecule has 0 radical (unpaired) electrons. The maximum absolute atomic E-state index is 6.17. The number of hydrogen-bond donors (Lipinski definition) is 1. The Morgan fingerprint density at radius 1 is 1.00 bits per heavy atom. The molecule has 1 fully saturated rings. The van der Waals surface area contributed by atoms with Gasteiger partial charge in [0.05, 0.1) is 5.69 Å². The third-order valence-electron chi connectivity index (χ3n) is 5.57. The number of aromatic nitrogens is 2. The van der Waals surface area contributed by atoms with Crippen molar-refractivity contribution in [1.29, 1.82) is 0 Å². The highest BCUT2D eigenvalue weighted by molar-refractivity contribution is 5.73. The summed E-state index contributed by atoms with van der Waals surface area (Å²) in [4.78, 5) is 12.0. The minimum Gasteiger partial charge on any atom is -0.383 e. The lowest BCUT2D eigenvalue weighted by Crippen LogP contribution is -2.20. The third-order valence-corrected chi connectivity index (χ3v) is 5.57.